The number of benzene rings is 2. The Kier molecular flexibility index (Phi) is 9.21. The van der Waals surface area contributed by atoms with E-state index in [9.17, 15) is 4.79 Å². The van der Waals surface area contributed by atoms with Crippen LogP contribution in [-0.4, -0.2) is 26.2 Å². The number of methoxy groups -OCH3 is 1. The van der Waals surface area contributed by atoms with Gasteiger partial charge in [-0.3, -0.25) is 4.79 Å². The third-order valence-corrected chi connectivity index (χ3v) is 5.49. The fraction of sp³-hybridized carbons (Fsp3) is 0.536. The second-order valence-electron chi connectivity index (χ2n) is 10.5. The summed E-state index contributed by atoms with van der Waals surface area (Å²) in [6.45, 7) is 16.2. The van der Waals surface area contributed by atoms with Crippen molar-refractivity contribution in [2.24, 2.45) is 0 Å². The van der Waals surface area contributed by atoms with Gasteiger partial charge >= 0.3 is 0 Å². The van der Waals surface area contributed by atoms with Gasteiger partial charge in [-0.25, -0.2) is 0 Å². The molecule has 1 N–H and O–H groups in total. The second kappa shape index (κ2) is 11.4. The van der Waals surface area contributed by atoms with Gasteiger partial charge in [0.05, 0.1) is 13.7 Å². The molecule has 2 aromatic rings. The number of rotatable bonds is 10. The molecule has 5 nitrogen and oxygen atoms in total. The van der Waals surface area contributed by atoms with Crippen LogP contribution < -0.4 is 19.5 Å². The molecule has 2 aromatic carbocycles. The van der Waals surface area contributed by atoms with Gasteiger partial charge in [-0.1, -0.05) is 73.1 Å². The molecule has 0 heterocycles. The first kappa shape index (κ1) is 26.6. The largest absolute Gasteiger partial charge is 0.493 e. The SMILES string of the molecule is CCCCOc1ccc(CNC(=O)COc2ccc(C(C)(C)C)cc2C(C)(C)C)cc1OC. The topological polar surface area (TPSA) is 56.8 Å². The van der Waals surface area contributed by atoms with Crippen LogP contribution in [0.2, 0.25) is 0 Å². The Hall–Kier alpha value is -2.69. The minimum atomic E-state index is -0.169. The first-order chi connectivity index (χ1) is 15.5. The number of nitrogens with one attached hydrogen (secondary N) is 1. The van der Waals surface area contributed by atoms with Gasteiger partial charge in [-0.05, 0) is 52.1 Å². The highest BCUT2D eigenvalue weighted by atomic mass is 16.5. The summed E-state index contributed by atoms with van der Waals surface area (Å²) in [5.74, 6) is 1.97. The summed E-state index contributed by atoms with van der Waals surface area (Å²) in [5, 5.41) is 2.93. The lowest BCUT2D eigenvalue weighted by Gasteiger charge is -2.27. The molecule has 0 aliphatic heterocycles. The van der Waals surface area contributed by atoms with Crippen LogP contribution in [0.15, 0.2) is 36.4 Å². The van der Waals surface area contributed by atoms with Gasteiger partial charge in [0, 0.05) is 6.54 Å². The Morgan fingerprint density at radius 1 is 0.879 bits per heavy atom. The number of unbranched alkanes of at least 4 members (excludes halogenated alkanes) is 1. The molecule has 0 bridgehead atoms. The average Bonchev–Trinajstić information content (AvgIpc) is 2.75. The van der Waals surface area contributed by atoms with Crippen molar-refractivity contribution in [3.63, 3.8) is 0 Å². The van der Waals surface area contributed by atoms with Crippen molar-refractivity contribution >= 4 is 5.91 Å². The molecule has 0 aliphatic carbocycles. The van der Waals surface area contributed by atoms with Crippen molar-refractivity contribution in [2.45, 2.75) is 78.7 Å². The molecule has 0 aliphatic rings. The average molecular weight is 456 g/mol. The predicted molar refractivity (Wildman–Crippen MR) is 135 cm³/mol. The van der Waals surface area contributed by atoms with E-state index in [4.69, 9.17) is 14.2 Å². The summed E-state index contributed by atoms with van der Waals surface area (Å²) in [7, 11) is 1.62. The van der Waals surface area contributed by atoms with Gasteiger partial charge in [-0.2, -0.15) is 0 Å². The lowest BCUT2D eigenvalue weighted by atomic mass is 9.80. The van der Waals surface area contributed by atoms with E-state index in [1.807, 2.05) is 24.3 Å². The van der Waals surface area contributed by atoms with E-state index in [1.165, 1.54) is 5.56 Å². The van der Waals surface area contributed by atoms with Crippen LogP contribution in [0, 0.1) is 0 Å². The van der Waals surface area contributed by atoms with E-state index >= 15 is 0 Å². The Morgan fingerprint density at radius 3 is 2.18 bits per heavy atom. The standard InChI is InChI=1S/C28H41NO4/c1-9-10-15-32-24-13-11-20(16-25(24)31-8)18-29-26(30)19-33-23-14-12-21(27(2,3)4)17-22(23)28(5,6)7/h11-14,16-17H,9-10,15,18-19H2,1-8H3,(H,29,30). The fourth-order valence-electron chi connectivity index (χ4n) is 3.37. The molecule has 33 heavy (non-hydrogen) atoms. The molecule has 0 radical (unpaired) electrons. The monoisotopic (exact) mass is 455 g/mol. The van der Waals surface area contributed by atoms with Crippen molar-refractivity contribution < 1.29 is 19.0 Å². The van der Waals surface area contributed by atoms with Crippen molar-refractivity contribution in [2.75, 3.05) is 20.3 Å². The van der Waals surface area contributed by atoms with Crippen LogP contribution in [0.5, 0.6) is 17.2 Å². The molecule has 1 amide bonds. The van der Waals surface area contributed by atoms with Crippen molar-refractivity contribution in [1.29, 1.82) is 0 Å². The maximum atomic E-state index is 12.5. The number of ether oxygens (including phenoxy) is 3. The minimum Gasteiger partial charge on any atom is -0.493 e. The Bertz CT molecular complexity index is 922. The van der Waals surface area contributed by atoms with Crippen LogP contribution in [0.25, 0.3) is 0 Å². The quantitative estimate of drug-likeness (QED) is 0.436. The Balaban J connectivity index is 1.99. The number of carbonyl (C=O) groups excluding carboxylic acids is 1. The first-order valence-electron chi connectivity index (χ1n) is 11.8. The highest BCUT2D eigenvalue weighted by molar-refractivity contribution is 5.77. The zero-order valence-electron chi connectivity index (χ0n) is 21.6. The maximum Gasteiger partial charge on any atom is 0.258 e. The lowest BCUT2D eigenvalue weighted by Crippen LogP contribution is -2.29. The highest BCUT2D eigenvalue weighted by Crippen LogP contribution is 2.35. The molecule has 0 saturated carbocycles. The van der Waals surface area contributed by atoms with Crippen LogP contribution in [0.4, 0.5) is 0 Å². The fourth-order valence-corrected chi connectivity index (χ4v) is 3.37. The van der Waals surface area contributed by atoms with Gasteiger partial charge in [-0.15, -0.1) is 0 Å². The van der Waals surface area contributed by atoms with Gasteiger partial charge < -0.3 is 19.5 Å². The van der Waals surface area contributed by atoms with Gasteiger partial charge in [0.15, 0.2) is 18.1 Å². The van der Waals surface area contributed by atoms with E-state index in [2.05, 4.69) is 65.9 Å². The normalized spacial score (nSPS) is 11.8. The molecule has 0 fully saturated rings. The number of amides is 1. The second-order valence-corrected chi connectivity index (χ2v) is 10.5. The zero-order valence-corrected chi connectivity index (χ0v) is 21.6. The third-order valence-electron chi connectivity index (χ3n) is 5.49. The summed E-state index contributed by atoms with van der Waals surface area (Å²) in [6, 6.07) is 12.0. The molecule has 0 spiro atoms. The first-order valence-corrected chi connectivity index (χ1v) is 11.8. The summed E-state index contributed by atoms with van der Waals surface area (Å²) in [6.07, 6.45) is 2.07. The van der Waals surface area contributed by atoms with Gasteiger partial charge in [0.25, 0.3) is 5.91 Å². The number of hydrogen-bond donors (Lipinski definition) is 1. The van der Waals surface area contributed by atoms with Crippen LogP contribution in [0.3, 0.4) is 0 Å². The molecule has 0 unspecified atom stereocenters. The van der Waals surface area contributed by atoms with Crippen molar-refractivity contribution in [1.82, 2.24) is 5.32 Å². The van der Waals surface area contributed by atoms with E-state index < -0.39 is 0 Å². The van der Waals surface area contributed by atoms with E-state index in [0.29, 0.717) is 18.9 Å². The number of carbonyl (C=O) groups is 1. The molecule has 182 valence electrons. The van der Waals surface area contributed by atoms with Crippen molar-refractivity contribution in [3.05, 3.63) is 53.1 Å². The maximum absolute atomic E-state index is 12.5. The van der Waals surface area contributed by atoms with E-state index in [0.717, 1.165) is 35.5 Å². The molecule has 0 saturated heterocycles. The smallest absolute Gasteiger partial charge is 0.258 e. The molecule has 0 atom stereocenters. The number of hydrogen-bond acceptors (Lipinski definition) is 4. The van der Waals surface area contributed by atoms with Gasteiger partial charge in [0.1, 0.15) is 5.75 Å². The third kappa shape index (κ3) is 7.99. The van der Waals surface area contributed by atoms with Gasteiger partial charge in [0.2, 0.25) is 0 Å². The molecular formula is C28H41NO4. The summed E-state index contributed by atoms with van der Waals surface area (Å²) >= 11 is 0. The molecular weight excluding hydrogens is 414 g/mol. The van der Waals surface area contributed by atoms with Crippen LogP contribution >= 0.6 is 0 Å². The van der Waals surface area contributed by atoms with Crippen LogP contribution in [0.1, 0.15) is 78.0 Å². The summed E-state index contributed by atoms with van der Waals surface area (Å²) < 4.78 is 17.2. The highest BCUT2D eigenvalue weighted by Gasteiger charge is 2.23. The minimum absolute atomic E-state index is 0.0344. The lowest BCUT2D eigenvalue weighted by molar-refractivity contribution is -0.123. The predicted octanol–water partition coefficient (Wildman–Crippen LogP) is 6.16. The molecule has 2 rings (SSSR count). The summed E-state index contributed by atoms with van der Waals surface area (Å²) in [4.78, 5) is 12.5. The van der Waals surface area contributed by atoms with E-state index in [1.54, 1.807) is 7.11 Å². The van der Waals surface area contributed by atoms with Crippen molar-refractivity contribution in [3.8, 4) is 17.2 Å². The Morgan fingerprint density at radius 2 is 1.58 bits per heavy atom. The summed E-state index contributed by atoms with van der Waals surface area (Å²) in [5.41, 5.74) is 3.25. The molecule has 0 aromatic heterocycles. The molecule has 5 heteroatoms. The van der Waals surface area contributed by atoms with E-state index in [-0.39, 0.29) is 23.3 Å². The Labute approximate surface area is 199 Å². The van der Waals surface area contributed by atoms with Crippen LogP contribution in [-0.2, 0) is 22.2 Å². The zero-order chi connectivity index (χ0) is 24.6.